The van der Waals surface area contributed by atoms with E-state index in [0.29, 0.717) is 0 Å². The molecule has 0 bridgehead atoms. The lowest BCUT2D eigenvalue weighted by Gasteiger charge is -1.95. The summed E-state index contributed by atoms with van der Waals surface area (Å²) in [5.41, 5.74) is 0. The number of amides is 4. The fourth-order valence-electron chi connectivity index (χ4n) is 0.210. The molecule has 56 valence electrons. The molecule has 2 N–H and O–H groups in total. The minimum absolute atomic E-state index is 1.06. The van der Waals surface area contributed by atoms with Crippen molar-refractivity contribution in [1.82, 2.24) is 10.6 Å². The molecule has 0 aliphatic carbocycles. The summed E-state index contributed by atoms with van der Waals surface area (Å²) in [6.07, 6.45) is 0. The Morgan fingerprint density at radius 2 is 1.20 bits per heavy atom. The van der Waals surface area contributed by atoms with E-state index in [1.54, 1.807) is 10.6 Å². The molecule has 0 radical (unpaired) electrons. The van der Waals surface area contributed by atoms with E-state index >= 15 is 0 Å². The predicted octanol–water partition coefficient (Wildman–Crippen LogP) is 1.00. The number of hydrogen-bond acceptors (Lipinski definition) is 3. The maximum absolute atomic E-state index is 10.2. The van der Waals surface area contributed by atoms with Crippen LogP contribution in [0.3, 0.4) is 0 Å². The van der Waals surface area contributed by atoms with Crippen molar-refractivity contribution in [3.05, 3.63) is 0 Å². The number of carbonyl (C=O) groups excluding carboxylic acids is 3. The van der Waals surface area contributed by atoms with Gasteiger partial charge >= 0.3 is 16.8 Å². The van der Waals surface area contributed by atoms with Crippen LogP contribution in [0.2, 0.25) is 0 Å². The van der Waals surface area contributed by atoms with Gasteiger partial charge in [0.15, 0.2) is 0 Å². The van der Waals surface area contributed by atoms with Crippen LogP contribution in [0.15, 0.2) is 0 Å². The third-order valence-electron chi connectivity index (χ3n) is 0.424. The molecule has 0 atom stereocenters. The Kier molecular flexibility index (Phi) is 3.75. The summed E-state index contributed by atoms with van der Waals surface area (Å²) >= 11 is 9.38. The van der Waals surface area contributed by atoms with E-state index in [4.69, 9.17) is 23.2 Å². The molecule has 0 saturated carbocycles. The average Bonchev–Trinajstić information content (AvgIpc) is 1.58. The first-order valence-corrected chi connectivity index (χ1v) is 2.75. The van der Waals surface area contributed by atoms with Crippen LogP contribution < -0.4 is 10.6 Å². The van der Waals surface area contributed by atoms with Gasteiger partial charge in [-0.1, -0.05) is 0 Å². The Balaban J connectivity index is 3.65. The van der Waals surface area contributed by atoms with Crippen molar-refractivity contribution in [3.63, 3.8) is 0 Å². The number of carbonyl (C=O) groups is 3. The van der Waals surface area contributed by atoms with Gasteiger partial charge in [0.25, 0.3) is 0 Å². The zero-order valence-corrected chi connectivity index (χ0v) is 5.99. The maximum Gasteiger partial charge on any atom is 0.330 e. The Hall–Kier alpha value is -0.810. The zero-order chi connectivity index (χ0) is 8.15. The fourth-order valence-corrected chi connectivity index (χ4v) is 0.381. The molecule has 0 aromatic carbocycles. The molecule has 10 heavy (non-hydrogen) atoms. The molecule has 0 unspecified atom stereocenters. The predicted molar refractivity (Wildman–Crippen MR) is 34.2 cm³/mol. The Labute approximate surface area is 65.7 Å². The van der Waals surface area contributed by atoms with Crippen molar-refractivity contribution in [2.75, 3.05) is 0 Å². The van der Waals surface area contributed by atoms with Crippen LogP contribution in [-0.2, 0) is 0 Å². The minimum Gasteiger partial charge on any atom is -0.264 e. The fraction of sp³-hybridized carbons (Fsp3) is 0. The molecule has 0 saturated heterocycles. The Morgan fingerprint density at radius 3 is 1.40 bits per heavy atom. The normalized spacial score (nSPS) is 8.20. The molecular formula is C3H2Cl2N2O3. The lowest BCUT2D eigenvalue weighted by atomic mass is 10.9. The molecule has 0 rings (SSSR count). The first kappa shape index (κ1) is 9.19. The molecule has 0 aliphatic heterocycles. The first-order chi connectivity index (χ1) is 4.52. The summed E-state index contributed by atoms with van der Waals surface area (Å²) in [6, 6.07) is -1.06. The standard InChI is InChI=1S/C3H2Cl2N2O3/c4-1(8)6-3(10)7-2(5)9/h(H2,6,7,8,9,10). The largest absolute Gasteiger partial charge is 0.330 e. The van der Waals surface area contributed by atoms with Crippen LogP contribution in [0.1, 0.15) is 0 Å². The van der Waals surface area contributed by atoms with E-state index in [1.807, 2.05) is 0 Å². The van der Waals surface area contributed by atoms with Crippen molar-refractivity contribution in [3.8, 4) is 0 Å². The summed E-state index contributed by atoms with van der Waals surface area (Å²) in [5.74, 6) is 0. The zero-order valence-electron chi connectivity index (χ0n) is 4.48. The number of halogens is 2. The molecule has 4 amide bonds. The van der Waals surface area contributed by atoms with E-state index in [9.17, 15) is 14.4 Å². The highest BCUT2D eigenvalue weighted by Gasteiger charge is 2.05. The van der Waals surface area contributed by atoms with Crippen LogP contribution in [0, 0.1) is 0 Å². The second-order valence-corrected chi connectivity index (χ2v) is 1.81. The molecule has 5 nitrogen and oxygen atoms in total. The lowest BCUT2D eigenvalue weighted by molar-refractivity contribution is 0.233. The number of urea groups is 1. The van der Waals surface area contributed by atoms with Gasteiger partial charge < -0.3 is 0 Å². The van der Waals surface area contributed by atoms with E-state index < -0.39 is 16.8 Å². The van der Waals surface area contributed by atoms with Crippen LogP contribution >= 0.6 is 23.2 Å². The summed E-state index contributed by atoms with van der Waals surface area (Å²) in [5, 5.41) is 0.915. The summed E-state index contributed by atoms with van der Waals surface area (Å²) in [4.78, 5) is 30.0. The van der Waals surface area contributed by atoms with E-state index in [1.165, 1.54) is 0 Å². The van der Waals surface area contributed by atoms with E-state index in [0.717, 1.165) is 0 Å². The third-order valence-corrected chi connectivity index (χ3v) is 0.613. The van der Waals surface area contributed by atoms with Gasteiger partial charge in [-0.15, -0.1) is 0 Å². The summed E-state index contributed by atoms with van der Waals surface area (Å²) < 4.78 is 0. The smallest absolute Gasteiger partial charge is 0.264 e. The molecule has 0 aliphatic rings. The topological polar surface area (TPSA) is 75.3 Å². The van der Waals surface area contributed by atoms with Gasteiger partial charge in [-0.3, -0.25) is 20.2 Å². The van der Waals surface area contributed by atoms with Crippen LogP contribution in [-0.4, -0.2) is 16.8 Å². The Bertz CT molecular complexity index is 163. The van der Waals surface area contributed by atoms with Gasteiger partial charge in [-0.25, -0.2) is 4.79 Å². The van der Waals surface area contributed by atoms with Gasteiger partial charge in [-0.2, -0.15) is 0 Å². The monoisotopic (exact) mass is 184 g/mol. The lowest BCUT2D eigenvalue weighted by Crippen LogP contribution is -2.37. The highest BCUT2D eigenvalue weighted by molar-refractivity contribution is 6.66. The quantitative estimate of drug-likeness (QED) is 0.436. The van der Waals surface area contributed by atoms with Gasteiger partial charge in [0.05, 0.1) is 0 Å². The molecule has 0 aromatic heterocycles. The molecular weight excluding hydrogens is 183 g/mol. The van der Waals surface area contributed by atoms with Crippen molar-refractivity contribution >= 4 is 40.0 Å². The van der Waals surface area contributed by atoms with Gasteiger partial charge in [0.1, 0.15) is 0 Å². The molecule has 0 aromatic rings. The van der Waals surface area contributed by atoms with E-state index in [2.05, 4.69) is 0 Å². The number of nitrogens with one attached hydrogen (secondary N) is 2. The van der Waals surface area contributed by atoms with Crippen molar-refractivity contribution < 1.29 is 14.4 Å². The average molecular weight is 185 g/mol. The molecule has 0 heterocycles. The van der Waals surface area contributed by atoms with Gasteiger partial charge in [-0.05, 0) is 23.2 Å². The molecule has 7 heteroatoms. The first-order valence-electron chi connectivity index (χ1n) is 1.99. The number of imide groups is 2. The number of hydrogen-bond donors (Lipinski definition) is 2. The summed E-state index contributed by atoms with van der Waals surface area (Å²) in [6.45, 7) is 0. The highest BCUT2D eigenvalue weighted by Crippen LogP contribution is 1.79. The van der Waals surface area contributed by atoms with E-state index in [-0.39, 0.29) is 0 Å². The van der Waals surface area contributed by atoms with Gasteiger partial charge in [0.2, 0.25) is 0 Å². The maximum atomic E-state index is 10.2. The molecule has 0 spiro atoms. The second-order valence-electron chi connectivity index (χ2n) is 1.13. The SMILES string of the molecule is O=C(Cl)NC(=O)NC(=O)Cl. The summed E-state index contributed by atoms with van der Waals surface area (Å²) in [7, 11) is 0. The highest BCUT2D eigenvalue weighted by atomic mass is 35.5. The third kappa shape index (κ3) is 5.33. The minimum atomic E-state index is -1.09. The van der Waals surface area contributed by atoms with Crippen molar-refractivity contribution in [2.24, 2.45) is 0 Å². The second kappa shape index (κ2) is 4.08. The van der Waals surface area contributed by atoms with Gasteiger partial charge in [0, 0.05) is 0 Å². The van der Waals surface area contributed by atoms with Crippen LogP contribution in [0.5, 0.6) is 0 Å². The molecule has 0 fully saturated rings. The number of rotatable bonds is 0. The van der Waals surface area contributed by atoms with Crippen molar-refractivity contribution in [2.45, 2.75) is 0 Å². The van der Waals surface area contributed by atoms with Crippen LogP contribution in [0.25, 0.3) is 0 Å². The Morgan fingerprint density at radius 1 is 0.900 bits per heavy atom. The van der Waals surface area contributed by atoms with Crippen LogP contribution in [0.4, 0.5) is 14.4 Å². The van der Waals surface area contributed by atoms with Crippen molar-refractivity contribution in [1.29, 1.82) is 0 Å².